The van der Waals surface area contributed by atoms with Gasteiger partial charge in [0.05, 0.1) is 10.0 Å². The molecule has 2 atom stereocenters. The van der Waals surface area contributed by atoms with E-state index in [4.69, 9.17) is 38.3 Å². The normalized spacial score (nSPS) is 18.4. The fourth-order valence-corrected chi connectivity index (χ4v) is 6.40. The molecule has 2 unspecified atom stereocenters. The minimum absolute atomic E-state index is 0.0780. The Hall–Kier alpha value is -4.25. The van der Waals surface area contributed by atoms with Crippen LogP contribution in [0.4, 0.5) is 5.13 Å². The van der Waals surface area contributed by atoms with E-state index in [9.17, 15) is 29.7 Å². The first-order valence-electron chi connectivity index (χ1n) is 11.6. The van der Waals surface area contributed by atoms with Crippen LogP contribution in [0.2, 0.25) is 10.0 Å². The number of anilines is 1. The topological polar surface area (TPSA) is 214 Å². The zero-order valence-corrected chi connectivity index (χ0v) is 24.1. The highest BCUT2D eigenvalue weighted by Crippen LogP contribution is 2.45. The Labute approximate surface area is 254 Å². The van der Waals surface area contributed by atoms with Gasteiger partial charge in [-0.3, -0.25) is 14.5 Å². The monoisotopic (exact) mass is 652 g/mol. The Balaban J connectivity index is 1.32. The van der Waals surface area contributed by atoms with Crippen LogP contribution in [0.3, 0.4) is 0 Å². The van der Waals surface area contributed by atoms with E-state index >= 15 is 0 Å². The number of nitrogens with two attached hydrogens (primary N) is 1. The van der Waals surface area contributed by atoms with Crippen LogP contribution in [0.25, 0.3) is 11.3 Å². The number of aromatic hydroxyl groups is 2. The van der Waals surface area contributed by atoms with E-state index in [0.717, 1.165) is 16.2 Å². The van der Waals surface area contributed by atoms with Crippen molar-refractivity contribution in [2.24, 2.45) is 5.16 Å². The van der Waals surface area contributed by atoms with Crippen molar-refractivity contribution >= 4 is 74.9 Å². The Bertz CT molecular complexity index is 1700. The summed E-state index contributed by atoms with van der Waals surface area (Å²) in [5.74, 6) is -3.47. The molecule has 0 bridgehead atoms. The lowest BCUT2D eigenvalue weighted by Gasteiger charge is -2.49. The molecule has 4 heterocycles. The number of rotatable bonds is 9. The van der Waals surface area contributed by atoms with E-state index in [2.05, 4.69) is 27.2 Å². The summed E-state index contributed by atoms with van der Waals surface area (Å²) in [4.78, 5) is 48.4. The number of thioether (sulfide) groups is 1. The maximum atomic E-state index is 13.2. The smallest absolute Gasteiger partial charge is 0.352 e. The number of carbonyl (C=O) groups is 3. The molecule has 6 N–H and O–H groups in total. The molecule has 2 aliphatic rings. The molecule has 0 saturated carbocycles. The molecule has 2 aliphatic heterocycles. The summed E-state index contributed by atoms with van der Waals surface area (Å²) in [5, 5.41) is 40.2. The first-order valence-corrected chi connectivity index (χ1v) is 14.3. The number of hydrogen-bond donors (Lipinski definition) is 5. The Morgan fingerprint density at radius 2 is 2.10 bits per heavy atom. The minimum atomic E-state index is -1.27. The number of aliphatic carboxylic acids is 1. The van der Waals surface area contributed by atoms with Gasteiger partial charge in [0, 0.05) is 22.8 Å². The van der Waals surface area contributed by atoms with Crippen molar-refractivity contribution in [3.63, 3.8) is 0 Å². The molecule has 2 amide bonds. The molecule has 5 rings (SSSR count). The maximum absolute atomic E-state index is 13.2. The molecule has 1 saturated heterocycles. The van der Waals surface area contributed by atoms with Gasteiger partial charge in [0.25, 0.3) is 11.8 Å². The molecular weight excluding hydrogens is 635 g/mol. The van der Waals surface area contributed by atoms with Crippen molar-refractivity contribution in [1.82, 2.24) is 20.4 Å². The lowest BCUT2D eigenvalue weighted by Crippen LogP contribution is -2.71. The molecular formula is C24H18Cl2N6O8S2. The molecule has 218 valence electrons. The van der Waals surface area contributed by atoms with Crippen LogP contribution in [0, 0.1) is 0 Å². The minimum Gasteiger partial charge on any atom is -0.503 e. The molecule has 18 heteroatoms. The number of nitrogens with zero attached hydrogens (tertiary/aromatic N) is 4. The van der Waals surface area contributed by atoms with Crippen LogP contribution in [0.15, 0.2) is 51.1 Å². The highest BCUT2D eigenvalue weighted by atomic mass is 35.5. The number of amides is 2. The molecule has 1 aromatic carbocycles. The van der Waals surface area contributed by atoms with Gasteiger partial charge in [0.15, 0.2) is 34.7 Å². The molecule has 42 heavy (non-hydrogen) atoms. The van der Waals surface area contributed by atoms with E-state index in [-0.39, 0.29) is 55.9 Å². The number of allylic oxidation sites excluding steroid dienone is 1. The van der Waals surface area contributed by atoms with Crippen LogP contribution < -0.4 is 11.1 Å². The van der Waals surface area contributed by atoms with E-state index in [1.807, 2.05) is 0 Å². The molecule has 14 nitrogen and oxygen atoms in total. The third-order valence-corrected chi connectivity index (χ3v) is 8.72. The number of nitrogen functional groups attached to an aromatic ring is 1. The number of carbonyl (C=O) groups excluding carboxylic acids is 2. The van der Waals surface area contributed by atoms with Crippen molar-refractivity contribution in [2.45, 2.75) is 18.0 Å². The summed E-state index contributed by atoms with van der Waals surface area (Å²) in [5.41, 5.74) is 6.07. The average Bonchev–Trinajstić information content (AvgIpc) is 3.62. The van der Waals surface area contributed by atoms with Gasteiger partial charge in [-0.05, 0) is 11.6 Å². The van der Waals surface area contributed by atoms with Gasteiger partial charge in [0.2, 0.25) is 0 Å². The van der Waals surface area contributed by atoms with E-state index in [0.29, 0.717) is 11.3 Å². The summed E-state index contributed by atoms with van der Waals surface area (Å²) in [6.07, 6.45) is 1.39. The number of oxime groups is 1. The number of fused-ring (bicyclic) bond motifs is 1. The highest BCUT2D eigenvalue weighted by molar-refractivity contribution is 8.00. The molecule has 0 spiro atoms. The summed E-state index contributed by atoms with van der Waals surface area (Å²) < 4.78 is 5.21. The molecule has 0 radical (unpaired) electrons. The lowest BCUT2D eigenvalue weighted by atomic mass is 10.0. The number of phenolic OH excluding ortho intramolecular Hbond substituents is 2. The van der Waals surface area contributed by atoms with Gasteiger partial charge in [-0.2, -0.15) is 0 Å². The predicted octanol–water partition coefficient (Wildman–Crippen LogP) is 2.94. The molecule has 3 aromatic rings. The Kier molecular flexibility index (Phi) is 8.05. The second kappa shape index (κ2) is 11.6. The van der Waals surface area contributed by atoms with E-state index in [1.54, 1.807) is 0 Å². The molecule has 1 fully saturated rings. The number of carboxylic acid groups (broad SMARTS) is 1. The largest absolute Gasteiger partial charge is 0.503 e. The van der Waals surface area contributed by atoms with Crippen LogP contribution in [0.5, 0.6) is 11.5 Å². The van der Waals surface area contributed by atoms with Gasteiger partial charge in [-0.1, -0.05) is 46.2 Å². The third kappa shape index (κ3) is 5.24. The zero-order valence-electron chi connectivity index (χ0n) is 20.9. The van der Waals surface area contributed by atoms with Gasteiger partial charge in [-0.25, -0.2) is 9.78 Å². The number of hydrogen-bond acceptors (Lipinski definition) is 13. The fourth-order valence-electron chi connectivity index (χ4n) is 4.07. The summed E-state index contributed by atoms with van der Waals surface area (Å²) in [7, 11) is 0. The average molecular weight is 653 g/mol. The van der Waals surface area contributed by atoms with Crippen molar-refractivity contribution < 1.29 is 39.1 Å². The lowest BCUT2D eigenvalue weighted by molar-refractivity contribution is -0.150. The molecule has 0 aliphatic carbocycles. The number of thiazole rings is 1. The van der Waals surface area contributed by atoms with Crippen LogP contribution in [0.1, 0.15) is 11.5 Å². The van der Waals surface area contributed by atoms with Crippen molar-refractivity contribution in [1.29, 1.82) is 0 Å². The number of aromatic nitrogens is 2. The number of carboxylic acids is 1. The van der Waals surface area contributed by atoms with Crippen molar-refractivity contribution in [3.05, 3.63) is 62.9 Å². The van der Waals surface area contributed by atoms with Crippen molar-refractivity contribution in [3.8, 4) is 22.8 Å². The Morgan fingerprint density at radius 1 is 1.33 bits per heavy atom. The van der Waals surface area contributed by atoms with Gasteiger partial charge >= 0.3 is 5.97 Å². The number of nitrogens with one attached hydrogen (secondary N) is 1. The quantitative estimate of drug-likeness (QED) is 0.0976. The summed E-state index contributed by atoms with van der Waals surface area (Å²) in [6, 6.07) is 1.67. The number of phenols is 2. The van der Waals surface area contributed by atoms with Crippen LogP contribution in [-0.4, -0.2) is 71.0 Å². The summed E-state index contributed by atoms with van der Waals surface area (Å²) >= 11 is 14.3. The highest BCUT2D eigenvalue weighted by Gasteiger charge is 2.54. The first-order chi connectivity index (χ1) is 20.0. The number of benzene rings is 1. The summed E-state index contributed by atoms with van der Waals surface area (Å²) in [6.45, 7) is 3.29. The third-order valence-electron chi connectivity index (χ3n) is 6.08. The zero-order chi connectivity index (χ0) is 30.3. The Morgan fingerprint density at radius 3 is 2.76 bits per heavy atom. The SMILES string of the molecule is C=CC1=C(C(=O)O)N2C(=O)C(NC(=O)/C(=N\OCc3cc(-c4cc(Cl)c(O)c(O)c4Cl)no3)c3csc(N)n3)C2SC1. The van der Waals surface area contributed by atoms with Crippen molar-refractivity contribution in [2.75, 3.05) is 11.5 Å². The number of halogens is 2. The van der Waals surface area contributed by atoms with Crippen LogP contribution in [-0.2, 0) is 25.8 Å². The van der Waals surface area contributed by atoms with Gasteiger partial charge in [0.1, 0.15) is 28.5 Å². The van der Waals surface area contributed by atoms with Gasteiger partial charge < -0.3 is 35.7 Å². The first kappa shape index (κ1) is 29.2. The van der Waals surface area contributed by atoms with E-state index in [1.165, 1.54) is 35.4 Å². The maximum Gasteiger partial charge on any atom is 0.352 e. The number of β-lactam (4-membered cyclic amide) rings is 1. The molecule has 2 aromatic heterocycles. The second-order valence-electron chi connectivity index (χ2n) is 8.62. The second-order valence-corrected chi connectivity index (χ2v) is 11.4. The standard InChI is InChI=1S/C24H18Cl2N6O8S2/c1-2-8-6-41-22-16(21(36)32(22)17(8)23(37)38)29-20(35)15(13-7-42-24(27)28-13)31-39-5-9-3-12(30-40-9)10-4-11(25)18(33)19(34)14(10)26/h2-4,7,16,22,33-34H,1,5-6H2,(H2,27,28)(H,29,35)(H,37,38)/b31-15-. The van der Waals surface area contributed by atoms with Gasteiger partial charge in [-0.15, -0.1) is 23.1 Å². The van der Waals surface area contributed by atoms with E-state index < -0.39 is 40.7 Å². The predicted molar refractivity (Wildman–Crippen MR) is 153 cm³/mol. The fraction of sp³-hybridized carbons (Fsp3) is 0.167. The van der Waals surface area contributed by atoms with Crippen LogP contribution >= 0.6 is 46.3 Å².